The summed E-state index contributed by atoms with van der Waals surface area (Å²) < 4.78 is 16.8. The van der Waals surface area contributed by atoms with Crippen molar-refractivity contribution in [2.75, 3.05) is 21.2 Å². The molecule has 136 valence electrons. The first-order chi connectivity index (χ1) is 12.4. The van der Waals surface area contributed by atoms with Crippen molar-refractivity contribution in [2.45, 2.75) is 13.5 Å². The minimum Gasteiger partial charge on any atom is -0.872 e. The molecule has 0 aliphatic carbocycles. The molecule has 0 atom stereocenters. The SMILES string of the molecule is COc1cccc(Oc2c(C)oc3c(C[NH+](C)C)c([O-])ccc3c2=O)c1. The molecule has 0 fully saturated rings. The van der Waals surface area contributed by atoms with E-state index in [-0.39, 0.29) is 16.9 Å². The Balaban J connectivity index is 2.13. The lowest BCUT2D eigenvalue weighted by atomic mass is 10.1. The van der Waals surface area contributed by atoms with Gasteiger partial charge in [0, 0.05) is 11.6 Å². The maximum absolute atomic E-state index is 12.9. The van der Waals surface area contributed by atoms with Crippen molar-refractivity contribution in [3.05, 3.63) is 57.9 Å². The Labute approximate surface area is 151 Å². The summed E-state index contributed by atoms with van der Waals surface area (Å²) in [5.41, 5.74) is 0.524. The van der Waals surface area contributed by atoms with Gasteiger partial charge in [-0.25, -0.2) is 0 Å². The van der Waals surface area contributed by atoms with Crippen LogP contribution in [0.4, 0.5) is 0 Å². The molecule has 0 radical (unpaired) electrons. The van der Waals surface area contributed by atoms with E-state index in [0.717, 1.165) is 4.90 Å². The van der Waals surface area contributed by atoms with Crippen LogP contribution in [-0.4, -0.2) is 21.2 Å². The fourth-order valence-electron chi connectivity index (χ4n) is 2.81. The van der Waals surface area contributed by atoms with Gasteiger partial charge in [-0.15, -0.1) is 0 Å². The molecule has 26 heavy (non-hydrogen) atoms. The van der Waals surface area contributed by atoms with Crippen LogP contribution in [0.2, 0.25) is 0 Å². The van der Waals surface area contributed by atoms with Crippen molar-refractivity contribution in [3.8, 4) is 23.0 Å². The van der Waals surface area contributed by atoms with Gasteiger partial charge in [-0.1, -0.05) is 17.9 Å². The molecule has 0 amide bonds. The van der Waals surface area contributed by atoms with E-state index in [1.54, 1.807) is 38.3 Å². The summed E-state index contributed by atoms with van der Waals surface area (Å²) in [4.78, 5) is 14.0. The highest BCUT2D eigenvalue weighted by Crippen LogP contribution is 2.30. The third-order valence-corrected chi connectivity index (χ3v) is 4.03. The fraction of sp³-hybridized carbons (Fsp3) is 0.250. The quantitative estimate of drug-likeness (QED) is 0.753. The molecule has 0 aliphatic rings. The second-order valence-electron chi connectivity index (χ2n) is 6.40. The van der Waals surface area contributed by atoms with E-state index in [4.69, 9.17) is 13.9 Å². The summed E-state index contributed by atoms with van der Waals surface area (Å²) in [6, 6.07) is 9.87. The van der Waals surface area contributed by atoms with E-state index in [1.807, 2.05) is 14.1 Å². The van der Waals surface area contributed by atoms with Crippen molar-refractivity contribution in [2.24, 2.45) is 0 Å². The van der Waals surface area contributed by atoms with E-state index in [2.05, 4.69) is 0 Å². The van der Waals surface area contributed by atoms with Gasteiger partial charge in [0.2, 0.25) is 11.2 Å². The van der Waals surface area contributed by atoms with Crippen LogP contribution in [0.3, 0.4) is 0 Å². The molecule has 1 heterocycles. The predicted octanol–water partition coefficient (Wildman–Crippen LogP) is 1.62. The highest BCUT2D eigenvalue weighted by molar-refractivity contribution is 5.83. The maximum Gasteiger partial charge on any atom is 0.235 e. The Morgan fingerprint density at radius 1 is 1.15 bits per heavy atom. The van der Waals surface area contributed by atoms with E-state index in [9.17, 15) is 9.90 Å². The van der Waals surface area contributed by atoms with Crippen LogP contribution < -0.4 is 24.9 Å². The molecule has 0 saturated carbocycles. The second-order valence-corrected chi connectivity index (χ2v) is 6.40. The molecule has 6 nitrogen and oxygen atoms in total. The molecule has 0 saturated heterocycles. The van der Waals surface area contributed by atoms with Gasteiger partial charge in [-0.05, 0) is 25.1 Å². The number of hydrogen-bond donors (Lipinski definition) is 1. The largest absolute Gasteiger partial charge is 0.872 e. The van der Waals surface area contributed by atoms with Crippen molar-refractivity contribution in [1.82, 2.24) is 0 Å². The van der Waals surface area contributed by atoms with Crippen molar-refractivity contribution in [1.29, 1.82) is 0 Å². The summed E-state index contributed by atoms with van der Waals surface area (Å²) >= 11 is 0. The Hall–Kier alpha value is -2.99. The Morgan fingerprint density at radius 2 is 1.88 bits per heavy atom. The molecule has 1 aromatic heterocycles. The normalized spacial score (nSPS) is 11.1. The van der Waals surface area contributed by atoms with Gasteiger partial charge in [-0.2, -0.15) is 0 Å². The highest BCUT2D eigenvalue weighted by atomic mass is 16.5. The maximum atomic E-state index is 12.9. The van der Waals surface area contributed by atoms with Gasteiger partial charge >= 0.3 is 0 Å². The topological polar surface area (TPSA) is 76.2 Å². The first-order valence-corrected chi connectivity index (χ1v) is 8.28. The van der Waals surface area contributed by atoms with Gasteiger partial charge in [0.25, 0.3) is 0 Å². The molecule has 0 aliphatic heterocycles. The molecular formula is C20H21NO5. The van der Waals surface area contributed by atoms with Gasteiger partial charge in [0.15, 0.2) is 0 Å². The first kappa shape index (κ1) is 17.8. The number of nitrogens with one attached hydrogen (secondary N) is 1. The minimum atomic E-state index is -0.304. The number of hydrogen-bond acceptors (Lipinski definition) is 5. The van der Waals surface area contributed by atoms with Gasteiger partial charge in [-0.3, -0.25) is 4.79 Å². The molecular weight excluding hydrogens is 334 g/mol. The van der Waals surface area contributed by atoms with Crippen LogP contribution in [0.1, 0.15) is 11.3 Å². The third-order valence-electron chi connectivity index (χ3n) is 4.03. The number of quaternary nitrogens is 1. The van der Waals surface area contributed by atoms with E-state index in [1.165, 1.54) is 12.1 Å². The second kappa shape index (κ2) is 7.09. The Morgan fingerprint density at radius 3 is 2.58 bits per heavy atom. The lowest BCUT2D eigenvalue weighted by Gasteiger charge is -2.18. The van der Waals surface area contributed by atoms with Gasteiger partial charge < -0.3 is 23.9 Å². The summed E-state index contributed by atoms with van der Waals surface area (Å²) in [6.07, 6.45) is 0. The summed E-state index contributed by atoms with van der Waals surface area (Å²) in [6.45, 7) is 2.12. The van der Waals surface area contributed by atoms with Crippen LogP contribution in [0, 0.1) is 6.92 Å². The lowest BCUT2D eigenvalue weighted by Crippen LogP contribution is -3.04. The van der Waals surface area contributed by atoms with Crippen LogP contribution in [0.5, 0.6) is 23.0 Å². The van der Waals surface area contributed by atoms with Crippen molar-refractivity contribution < 1.29 is 23.9 Å². The molecule has 2 aromatic carbocycles. The van der Waals surface area contributed by atoms with Gasteiger partial charge in [0.05, 0.1) is 26.6 Å². The minimum absolute atomic E-state index is 0.104. The fourth-order valence-corrected chi connectivity index (χ4v) is 2.81. The van der Waals surface area contributed by atoms with E-state index >= 15 is 0 Å². The van der Waals surface area contributed by atoms with Crippen LogP contribution in [-0.2, 0) is 6.54 Å². The van der Waals surface area contributed by atoms with Crippen LogP contribution in [0.15, 0.2) is 45.6 Å². The Bertz CT molecular complexity index is 1010. The number of rotatable bonds is 5. The average Bonchev–Trinajstić information content (AvgIpc) is 2.61. The first-order valence-electron chi connectivity index (χ1n) is 8.28. The van der Waals surface area contributed by atoms with E-state index < -0.39 is 0 Å². The number of aryl methyl sites for hydroxylation is 1. The number of benzene rings is 2. The summed E-state index contributed by atoms with van der Waals surface area (Å²) in [7, 11) is 5.43. The number of fused-ring (bicyclic) bond motifs is 1. The van der Waals surface area contributed by atoms with Gasteiger partial charge in [0.1, 0.15) is 29.4 Å². The average molecular weight is 355 g/mol. The van der Waals surface area contributed by atoms with Crippen molar-refractivity contribution >= 4 is 11.0 Å². The molecule has 0 bridgehead atoms. The molecule has 0 spiro atoms. The monoisotopic (exact) mass is 355 g/mol. The zero-order valence-corrected chi connectivity index (χ0v) is 15.2. The molecule has 3 aromatic rings. The number of methoxy groups -OCH3 is 1. The molecule has 3 rings (SSSR count). The Kier molecular flexibility index (Phi) is 4.86. The smallest absolute Gasteiger partial charge is 0.235 e. The predicted molar refractivity (Wildman–Crippen MR) is 96.2 cm³/mol. The lowest BCUT2D eigenvalue weighted by molar-refractivity contribution is -0.872. The van der Waals surface area contributed by atoms with Crippen LogP contribution >= 0.6 is 0 Å². The molecule has 0 unspecified atom stereocenters. The summed E-state index contributed by atoms with van der Waals surface area (Å²) in [5, 5.41) is 12.6. The number of ether oxygens (including phenoxy) is 2. The molecule has 1 N–H and O–H groups in total. The standard InChI is InChI=1S/C20H21NO5/c1-12-19(26-14-7-5-6-13(10-14)24-4)18(23)15-8-9-17(22)16(11-21(2)3)20(15)25-12/h5-10,22H,11H2,1-4H3. The van der Waals surface area contributed by atoms with Crippen LogP contribution in [0.25, 0.3) is 11.0 Å². The highest BCUT2D eigenvalue weighted by Gasteiger charge is 2.17. The zero-order valence-electron chi connectivity index (χ0n) is 15.2. The van der Waals surface area contributed by atoms with Crippen molar-refractivity contribution in [3.63, 3.8) is 0 Å². The van der Waals surface area contributed by atoms with E-state index in [0.29, 0.717) is 40.3 Å². The third kappa shape index (κ3) is 3.36. The summed E-state index contributed by atoms with van der Waals surface area (Å²) in [5.74, 6) is 1.39. The molecule has 6 heteroatoms. The zero-order chi connectivity index (χ0) is 18.8.